The van der Waals surface area contributed by atoms with Crippen LogP contribution >= 0.6 is 34.5 Å². The summed E-state index contributed by atoms with van der Waals surface area (Å²) >= 11 is 13.4. The largest absolute Gasteiger partial charge is 0.374 e. The Morgan fingerprint density at radius 3 is 2.62 bits per heavy atom. The maximum Gasteiger partial charge on any atom is 0.251 e. The summed E-state index contributed by atoms with van der Waals surface area (Å²) in [5, 5.41) is 3.64. The SMILES string of the molecule is CO[C@H](CNC(=O)c1ccc(Cl)c(Cl)c1)c1ccc(C)s1. The molecule has 6 heteroatoms. The van der Waals surface area contributed by atoms with Crippen molar-refractivity contribution in [2.45, 2.75) is 13.0 Å². The Balaban J connectivity index is 2.00. The second-order valence-electron chi connectivity index (χ2n) is 4.51. The van der Waals surface area contributed by atoms with E-state index in [-0.39, 0.29) is 12.0 Å². The van der Waals surface area contributed by atoms with E-state index in [9.17, 15) is 4.79 Å². The summed E-state index contributed by atoms with van der Waals surface area (Å²) in [7, 11) is 1.63. The van der Waals surface area contributed by atoms with Gasteiger partial charge in [-0.25, -0.2) is 0 Å². The Hall–Kier alpha value is -1.07. The van der Waals surface area contributed by atoms with Gasteiger partial charge in [0.15, 0.2) is 0 Å². The van der Waals surface area contributed by atoms with Crippen LogP contribution in [0, 0.1) is 6.92 Å². The lowest BCUT2D eigenvalue weighted by molar-refractivity contribution is 0.0837. The third-order valence-electron chi connectivity index (χ3n) is 2.99. The molecule has 0 unspecified atom stereocenters. The molecular formula is C15H15Cl2NO2S. The van der Waals surface area contributed by atoms with Crippen molar-refractivity contribution in [3.05, 3.63) is 55.7 Å². The van der Waals surface area contributed by atoms with Crippen LogP contribution in [0.15, 0.2) is 30.3 Å². The Labute approximate surface area is 137 Å². The van der Waals surface area contributed by atoms with Crippen LogP contribution in [-0.4, -0.2) is 19.6 Å². The average Bonchev–Trinajstić information content (AvgIpc) is 2.89. The van der Waals surface area contributed by atoms with Gasteiger partial charge in [0.2, 0.25) is 0 Å². The summed E-state index contributed by atoms with van der Waals surface area (Å²) in [5.74, 6) is -0.205. The predicted octanol–water partition coefficient (Wildman–Crippen LogP) is 4.48. The highest BCUT2D eigenvalue weighted by atomic mass is 35.5. The zero-order chi connectivity index (χ0) is 15.4. The molecule has 0 aliphatic rings. The zero-order valence-corrected chi connectivity index (χ0v) is 14.0. The first-order valence-corrected chi connectivity index (χ1v) is 7.91. The number of ether oxygens (including phenoxy) is 1. The molecule has 1 atom stereocenters. The minimum Gasteiger partial charge on any atom is -0.374 e. The highest BCUT2D eigenvalue weighted by Gasteiger charge is 2.15. The molecule has 2 aromatic rings. The molecule has 0 saturated heterocycles. The van der Waals surface area contributed by atoms with Crippen molar-refractivity contribution < 1.29 is 9.53 Å². The highest BCUT2D eigenvalue weighted by molar-refractivity contribution is 7.12. The zero-order valence-electron chi connectivity index (χ0n) is 11.7. The van der Waals surface area contributed by atoms with Crippen LogP contribution in [0.1, 0.15) is 26.2 Å². The number of aryl methyl sites for hydroxylation is 1. The molecule has 1 aromatic heterocycles. The van der Waals surface area contributed by atoms with E-state index in [2.05, 4.69) is 5.32 Å². The van der Waals surface area contributed by atoms with Gasteiger partial charge in [0.25, 0.3) is 5.91 Å². The fourth-order valence-electron chi connectivity index (χ4n) is 1.85. The highest BCUT2D eigenvalue weighted by Crippen LogP contribution is 2.25. The minimum absolute atomic E-state index is 0.157. The van der Waals surface area contributed by atoms with Gasteiger partial charge in [-0.1, -0.05) is 23.2 Å². The monoisotopic (exact) mass is 343 g/mol. The summed E-state index contributed by atoms with van der Waals surface area (Å²) in [6, 6.07) is 8.85. The molecule has 1 aromatic carbocycles. The second-order valence-corrected chi connectivity index (χ2v) is 6.65. The second kappa shape index (κ2) is 7.27. The van der Waals surface area contributed by atoms with Gasteiger partial charge in [0, 0.05) is 29.0 Å². The summed E-state index contributed by atoms with van der Waals surface area (Å²) in [6.45, 7) is 2.44. The summed E-state index contributed by atoms with van der Waals surface area (Å²) in [6.07, 6.45) is -0.157. The van der Waals surface area contributed by atoms with Crippen LogP contribution < -0.4 is 5.32 Å². The molecule has 112 valence electrons. The molecule has 1 N–H and O–H groups in total. The van der Waals surface area contributed by atoms with Crippen molar-refractivity contribution in [3.63, 3.8) is 0 Å². The molecule has 21 heavy (non-hydrogen) atoms. The third kappa shape index (κ3) is 4.20. The van der Waals surface area contributed by atoms with Gasteiger partial charge in [-0.05, 0) is 37.3 Å². The number of amides is 1. The van der Waals surface area contributed by atoms with E-state index in [0.717, 1.165) is 4.88 Å². The van der Waals surface area contributed by atoms with E-state index in [1.807, 2.05) is 19.1 Å². The van der Waals surface area contributed by atoms with Crippen LogP contribution in [-0.2, 0) is 4.74 Å². The maximum absolute atomic E-state index is 12.1. The lowest BCUT2D eigenvalue weighted by Crippen LogP contribution is -2.28. The molecule has 0 saturated carbocycles. The average molecular weight is 344 g/mol. The molecule has 1 amide bonds. The quantitative estimate of drug-likeness (QED) is 0.868. The number of hydrogen-bond donors (Lipinski definition) is 1. The van der Waals surface area contributed by atoms with Gasteiger partial charge in [0.05, 0.1) is 10.0 Å². The lowest BCUT2D eigenvalue weighted by Gasteiger charge is -2.14. The molecule has 0 fully saturated rings. The number of hydrogen-bond acceptors (Lipinski definition) is 3. The number of nitrogens with one attached hydrogen (secondary N) is 1. The fourth-order valence-corrected chi connectivity index (χ4v) is 3.10. The van der Waals surface area contributed by atoms with Crippen molar-refractivity contribution in [1.29, 1.82) is 0 Å². The van der Waals surface area contributed by atoms with Gasteiger partial charge in [-0.15, -0.1) is 11.3 Å². The van der Waals surface area contributed by atoms with Crippen molar-refractivity contribution >= 4 is 40.4 Å². The number of halogens is 2. The van der Waals surface area contributed by atoms with E-state index in [4.69, 9.17) is 27.9 Å². The van der Waals surface area contributed by atoms with Crippen molar-refractivity contribution in [1.82, 2.24) is 5.32 Å². The first-order chi connectivity index (χ1) is 10.0. The van der Waals surface area contributed by atoms with Crippen LogP contribution in [0.25, 0.3) is 0 Å². The van der Waals surface area contributed by atoms with E-state index < -0.39 is 0 Å². The minimum atomic E-state index is -0.205. The molecule has 1 heterocycles. The van der Waals surface area contributed by atoms with Crippen molar-refractivity contribution in [2.24, 2.45) is 0 Å². The molecule has 0 radical (unpaired) electrons. The van der Waals surface area contributed by atoms with Gasteiger partial charge in [-0.3, -0.25) is 4.79 Å². The van der Waals surface area contributed by atoms with Gasteiger partial charge < -0.3 is 10.1 Å². The standard InChI is InChI=1S/C15H15Cl2NO2S/c1-9-3-6-14(21-9)13(20-2)8-18-15(19)10-4-5-11(16)12(17)7-10/h3-7,13H,8H2,1-2H3,(H,18,19)/t13-/m1/s1. The fraction of sp³-hybridized carbons (Fsp3) is 0.267. The van der Waals surface area contributed by atoms with Gasteiger partial charge >= 0.3 is 0 Å². The predicted molar refractivity (Wildman–Crippen MR) is 87.6 cm³/mol. The smallest absolute Gasteiger partial charge is 0.251 e. The third-order valence-corrected chi connectivity index (χ3v) is 4.82. The molecule has 0 aliphatic carbocycles. The van der Waals surface area contributed by atoms with E-state index in [1.165, 1.54) is 4.88 Å². The number of thiophene rings is 1. The van der Waals surface area contributed by atoms with E-state index in [1.54, 1.807) is 36.6 Å². The Morgan fingerprint density at radius 2 is 2.05 bits per heavy atom. The number of methoxy groups -OCH3 is 1. The number of benzene rings is 1. The molecular weight excluding hydrogens is 329 g/mol. The molecule has 2 rings (SSSR count). The Kier molecular flexibility index (Phi) is 5.65. The first-order valence-electron chi connectivity index (χ1n) is 6.33. The van der Waals surface area contributed by atoms with Crippen molar-refractivity contribution in [3.8, 4) is 0 Å². The van der Waals surface area contributed by atoms with Crippen LogP contribution in [0.4, 0.5) is 0 Å². The Bertz CT molecular complexity index is 642. The summed E-state index contributed by atoms with van der Waals surface area (Å²) in [4.78, 5) is 14.4. The topological polar surface area (TPSA) is 38.3 Å². The molecule has 0 bridgehead atoms. The van der Waals surface area contributed by atoms with Gasteiger partial charge in [-0.2, -0.15) is 0 Å². The molecule has 0 aliphatic heterocycles. The normalized spacial score (nSPS) is 12.2. The van der Waals surface area contributed by atoms with Crippen LogP contribution in [0.3, 0.4) is 0 Å². The van der Waals surface area contributed by atoms with E-state index >= 15 is 0 Å². The lowest BCUT2D eigenvalue weighted by atomic mass is 10.2. The molecule has 0 spiro atoms. The molecule has 3 nitrogen and oxygen atoms in total. The van der Waals surface area contributed by atoms with Gasteiger partial charge in [0.1, 0.15) is 6.10 Å². The van der Waals surface area contributed by atoms with Crippen LogP contribution in [0.2, 0.25) is 10.0 Å². The van der Waals surface area contributed by atoms with Crippen molar-refractivity contribution in [2.75, 3.05) is 13.7 Å². The van der Waals surface area contributed by atoms with E-state index in [0.29, 0.717) is 22.2 Å². The van der Waals surface area contributed by atoms with Crippen LogP contribution in [0.5, 0.6) is 0 Å². The maximum atomic E-state index is 12.1. The first kappa shape index (κ1) is 16.3. The number of carbonyl (C=O) groups excluding carboxylic acids is 1. The Morgan fingerprint density at radius 1 is 1.29 bits per heavy atom. The summed E-state index contributed by atoms with van der Waals surface area (Å²) in [5.41, 5.74) is 0.474. The summed E-state index contributed by atoms with van der Waals surface area (Å²) < 4.78 is 5.43. The number of rotatable bonds is 5. The number of carbonyl (C=O) groups is 1.